The van der Waals surface area contributed by atoms with E-state index in [-0.39, 0.29) is 30.8 Å². The van der Waals surface area contributed by atoms with E-state index in [0.717, 1.165) is 36.8 Å². The van der Waals surface area contributed by atoms with Crippen LogP contribution in [0.3, 0.4) is 0 Å². The molecule has 1 unspecified atom stereocenters. The summed E-state index contributed by atoms with van der Waals surface area (Å²) < 4.78 is 26.2. The van der Waals surface area contributed by atoms with Crippen molar-refractivity contribution in [1.82, 2.24) is 10.2 Å². The number of hydrogen-bond donors (Lipinski definition) is 1. The van der Waals surface area contributed by atoms with Gasteiger partial charge in [-0.2, -0.15) is 0 Å². The van der Waals surface area contributed by atoms with E-state index in [1.807, 2.05) is 55.5 Å². The number of amides is 2. The van der Waals surface area contributed by atoms with E-state index in [2.05, 4.69) is 5.32 Å². The van der Waals surface area contributed by atoms with Crippen LogP contribution >= 0.6 is 0 Å². The van der Waals surface area contributed by atoms with Crippen molar-refractivity contribution in [1.29, 1.82) is 0 Å². The maximum absolute atomic E-state index is 13.3. The first-order valence-corrected chi connectivity index (χ1v) is 14.2. The number of rotatable bonds is 11. The molecule has 0 aliphatic heterocycles. The van der Waals surface area contributed by atoms with Crippen LogP contribution in [0, 0.1) is 6.92 Å². The topological polar surface area (TPSA) is 86.8 Å². The van der Waals surface area contributed by atoms with Gasteiger partial charge in [0.25, 0.3) is 0 Å². The third-order valence-corrected chi connectivity index (χ3v) is 7.70. The fourth-order valence-corrected chi connectivity index (χ4v) is 5.50. The van der Waals surface area contributed by atoms with Gasteiger partial charge in [-0.3, -0.25) is 13.9 Å². The maximum Gasteiger partial charge on any atom is 0.242 e. The van der Waals surface area contributed by atoms with E-state index < -0.39 is 16.1 Å². The highest BCUT2D eigenvalue weighted by Gasteiger charge is 2.28. The van der Waals surface area contributed by atoms with E-state index in [1.165, 1.54) is 10.6 Å². The van der Waals surface area contributed by atoms with Crippen LogP contribution in [0.1, 0.15) is 56.6 Å². The molecule has 8 heteroatoms. The molecule has 1 atom stereocenters. The molecule has 2 aromatic carbocycles. The van der Waals surface area contributed by atoms with Gasteiger partial charge in [0.1, 0.15) is 6.04 Å². The monoisotopic (exact) mass is 499 g/mol. The Morgan fingerprint density at radius 2 is 1.74 bits per heavy atom. The van der Waals surface area contributed by atoms with Crippen molar-refractivity contribution in [3.05, 3.63) is 65.7 Å². The molecule has 2 amide bonds. The molecule has 190 valence electrons. The third kappa shape index (κ3) is 7.82. The predicted octanol–water partition coefficient (Wildman–Crippen LogP) is 4.02. The molecule has 1 aliphatic carbocycles. The van der Waals surface area contributed by atoms with E-state index in [9.17, 15) is 18.0 Å². The van der Waals surface area contributed by atoms with Crippen LogP contribution in [0.5, 0.6) is 0 Å². The molecule has 3 rings (SSSR count). The van der Waals surface area contributed by atoms with Crippen LogP contribution in [-0.2, 0) is 26.2 Å². The van der Waals surface area contributed by atoms with Gasteiger partial charge in [-0.15, -0.1) is 0 Å². The summed E-state index contributed by atoms with van der Waals surface area (Å²) in [5.74, 6) is -0.306. The van der Waals surface area contributed by atoms with Crippen molar-refractivity contribution in [3.8, 4) is 0 Å². The molecule has 0 spiro atoms. The van der Waals surface area contributed by atoms with Gasteiger partial charge in [0, 0.05) is 25.6 Å². The molecule has 0 heterocycles. The lowest BCUT2D eigenvalue weighted by atomic mass is 10.1. The fourth-order valence-electron chi connectivity index (χ4n) is 4.54. The van der Waals surface area contributed by atoms with Gasteiger partial charge in [0.2, 0.25) is 21.8 Å². The van der Waals surface area contributed by atoms with E-state index >= 15 is 0 Å². The molecule has 0 saturated heterocycles. The van der Waals surface area contributed by atoms with Crippen molar-refractivity contribution in [2.45, 2.75) is 71.0 Å². The third-order valence-electron chi connectivity index (χ3n) is 6.51. The number of nitrogens with one attached hydrogen (secondary N) is 1. The average Bonchev–Trinajstić information content (AvgIpc) is 3.32. The maximum atomic E-state index is 13.3. The number of hydrogen-bond acceptors (Lipinski definition) is 4. The quantitative estimate of drug-likeness (QED) is 0.506. The summed E-state index contributed by atoms with van der Waals surface area (Å²) in [4.78, 5) is 27.9. The lowest BCUT2D eigenvalue weighted by molar-refractivity contribution is -0.141. The summed E-state index contributed by atoms with van der Waals surface area (Å²) in [6, 6.07) is 16.5. The van der Waals surface area contributed by atoms with Crippen LogP contribution in [0.4, 0.5) is 5.69 Å². The Hall–Kier alpha value is -2.87. The minimum absolute atomic E-state index is 0.140. The zero-order valence-electron chi connectivity index (χ0n) is 20.9. The highest BCUT2D eigenvalue weighted by atomic mass is 32.2. The van der Waals surface area contributed by atoms with Crippen LogP contribution in [-0.4, -0.2) is 50.0 Å². The lowest BCUT2D eigenvalue weighted by Gasteiger charge is -2.30. The zero-order chi connectivity index (χ0) is 25.4. The summed E-state index contributed by atoms with van der Waals surface area (Å²) in [6.07, 6.45) is 5.85. The number of carbonyl (C=O) groups excluding carboxylic acids is 2. The number of nitrogens with zero attached hydrogens (tertiary/aromatic N) is 2. The van der Waals surface area contributed by atoms with Gasteiger partial charge in [-0.1, -0.05) is 55.3 Å². The number of carbonyl (C=O) groups is 2. The molecular weight excluding hydrogens is 462 g/mol. The second-order valence-electron chi connectivity index (χ2n) is 9.45. The highest BCUT2D eigenvalue weighted by molar-refractivity contribution is 7.92. The number of anilines is 1. The Bertz CT molecular complexity index is 1100. The smallest absolute Gasteiger partial charge is 0.242 e. The second-order valence-corrected chi connectivity index (χ2v) is 11.4. The summed E-state index contributed by atoms with van der Waals surface area (Å²) >= 11 is 0. The van der Waals surface area contributed by atoms with Crippen molar-refractivity contribution in [2.24, 2.45) is 0 Å². The lowest BCUT2D eigenvalue weighted by Crippen LogP contribution is -2.49. The van der Waals surface area contributed by atoms with Gasteiger partial charge >= 0.3 is 0 Å². The molecule has 0 aromatic heterocycles. The fraction of sp³-hybridized carbons (Fsp3) is 0.481. The standard InChI is InChI=1S/C27H37N3O4S/c1-21-11-9-16-25(19-21)30(35(3,33)34)18-10-17-26(31)29(20-23-12-5-4-6-13-23)22(2)27(32)28-24-14-7-8-15-24/h4-6,9,11-13,16,19,22,24H,7-8,10,14-15,17-18,20H2,1-3H3,(H,28,32). The van der Waals surface area contributed by atoms with Crippen LogP contribution in [0.15, 0.2) is 54.6 Å². The van der Waals surface area contributed by atoms with Crippen molar-refractivity contribution in [2.75, 3.05) is 17.1 Å². The second kappa shape index (κ2) is 12.2. The molecule has 0 radical (unpaired) electrons. The van der Waals surface area contributed by atoms with Crippen LogP contribution in [0.2, 0.25) is 0 Å². The Balaban J connectivity index is 1.69. The van der Waals surface area contributed by atoms with Gasteiger partial charge in [0.05, 0.1) is 11.9 Å². The first kappa shape index (κ1) is 26.7. The molecule has 35 heavy (non-hydrogen) atoms. The molecule has 1 N–H and O–H groups in total. The molecule has 2 aromatic rings. The first-order valence-electron chi connectivity index (χ1n) is 12.3. The molecular formula is C27H37N3O4S. The summed E-state index contributed by atoms with van der Waals surface area (Å²) in [5.41, 5.74) is 2.49. The van der Waals surface area contributed by atoms with Gasteiger partial charge < -0.3 is 10.2 Å². The van der Waals surface area contributed by atoms with Crippen molar-refractivity contribution >= 4 is 27.5 Å². The number of aryl methyl sites for hydroxylation is 1. The zero-order valence-corrected chi connectivity index (χ0v) is 21.8. The minimum atomic E-state index is -3.50. The summed E-state index contributed by atoms with van der Waals surface area (Å²) in [5, 5.41) is 3.10. The Kier molecular flexibility index (Phi) is 9.32. The van der Waals surface area contributed by atoms with E-state index in [0.29, 0.717) is 18.7 Å². The molecule has 1 aliphatic rings. The van der Waals surface area contributed by atoms with Crippen LogP contribution in [0.25, 0.3) is 0 Å². The first-order chi connectivity index (χ1) is 16.6. The van der Waals surface area contributed by atoms with Crippen LogP contribution < -0.4 is 9.62 Å². The van der Waals surface area contributed by atoms with Gasteiger partial charge in [-0.25, -0.2) is 8.42 Å². The Morgan fingerprint density at radius 1 is 1.06 bits per heavy atom. The predicted molar refractivity (Wildman–Crippen MR) is 139 cm³/mol. The van der Waals surface area contributed by atoms with Crippen molar-refractivity contribution < 1.29 is 18.0 Å². The molecule has 0 bridgehead atoms. The summed E-state index contributed by atoms with van der Waals surface area (Å²) in [6.45, 7) is 4.19. The normalized spacial score (nSPS) is 14.9. The number of sulfonamides is 1. The molecule has 7 nitrogen and oxygen atoms in total. The largest absolute Gasteiger partial charge is 0.352 e. The van der Waals surface area contributed by atoms with E-state index in [1.54, 1.807) is 17.9 Å². The highest BCUT2D eigenvalue weighted by Crippen LogP contribution is 2.21. The Labute approximate surface area is 209 Å². The molecule has 1 fully saturated rings. The Morgan fingerprint density at radius 3 is 2.37 bits per heavy atom. The molecule has 1 saturated carbocycles. The SMILES string of the molecule is Cc1cccc(N(CCCC(=O)N(Cc2ccccc2)C(C)C(=O)NC2CCCC2)S(C)(=O)=O)c1. The minimum Gasteiger partial charge on any atom is -0.352 e. The average molecular weight is 500 g/mol. The van der Waals surface area contributed by atoms with Crippen molar-refractivity contribution in [3.63, 3.8) is 0 Å². The van der Waals surface area contributed by atoms with E-state index in [4.69, 9.17) is 0 Å². The van der Waals surface area contributed by atoms with Gasteiger partial charge in [-0.05, 0) is 56.4 Å². The van der Waals surface area contributed by atoms with Gasteiger partial charge in [0.15, 0.2) is 0 Å². The number of benzene rings is 2. The summed E-state index contributed by atoms with van der Waals surface area (Å²) in [7, 11) is -3.50.